The third-order valence-electron chi connectivity index (χ3n) is 4.63. The standard InChI is InChI=1S/C17H26BrNOSSi/c1-11(2)22(12(3)4,13(5)6)20-10-14-9-16-15(7-8-21-16)17(18)19-14/h7-9,11-13H,10H2,1-6H3. The molecule has 0 aliphatic carbocycles. The summed E-state index contributed by atoms with van der Waals surface area (Å²) in [6.07, 6.45) is 0. The van der Waals surface area contributed by atoms with E-state index in [0.29, 0.717) is 23.2 Å². The Morgan fingerprint density at radius 1 is 1.14 bits per heavy atom. The molecule has 2 aromatic heterocycles. The highest BCUT2D eigenvalue weighted by atomic mass is 79.9. The molecule has 0 fully saturated rings. The van der Waals surface area contributed by atoms with Gasteiger partial charge in [0.05, 0.1) is 12.3 Å². The Morgan fingerprint density at radius 2 is 1.73 bits per heavy atom. The molecule has 0 aliphatic rings. The summed E-state index contributed by atoms with van der Waals surface area (Å²) in [7, 11) is -1.83. The van der Waals surface area contributed by atoms with E-state index in [1.807, 2.05) is 0 Å². The van der Waals surface area contributed by atoms with Crippen molar-refractivity contribution in [2.45, 2.75) is 64.8 Å². The zero-order chi connectivity index (χ0) is 16.5. The highest BCUT2D eigenvalue weighted by Gasteiger charge is 2.45. The predicted molar refractivity (Wildman–Crippen MR) is 103 cm³/mol. The molecule has 2 rings (SSSR count). The van der Waals surface area contributed by atoms with E-state index in [4.69, 9.17) is 4.43 Å². The molecule has 2 aromatic rings. The Labute approximate surface area is 147 Å². The van der Waals surface area contributed by atoms with E-state index in [1.54, 1.807) is 11.3 Å². The van der Waals surface area contributed by atoms with Crippen molar-refractivity contribution in [3.05, 3.63) is 27.8 Å². The van der Waals surface area contributed by atoms with E-state index < -0.39 is 8.32 Å². The molecule has 2 heterocycles. The van der Waals surface area contributed by atoms with E-state index in [0.717, 1.165) is 10.3 Å². The highest BCUT2D eigenvalue weighted by Crippen LogP contribution is 2.42. The van der Waals surface area contributed by atoms with Crippen LogP contribution in [-0.2, 0) is 11.0 Å². The van der Waals surface area contributed by atoms with Crippen LogP contribution in [-0.4, -0.2) is 13.3 Å². The number of hydrogen-bond donors (Lipinski definition) is 0. The summed E-state index contributed by atoms with van der Waals surface area (Å²) >= 11 is 5.34. The monoisotopic (exact) mass is 399 g/mol. The fraction of sp³-hybridized carbons (Fsp3) is 0.588. The summed E-state index contributed by atoms with van der Waals surface area (Å²) in [6, 6.07) is 4.28. The van der Waals surface area contributed by atoms with Crippen LogP contribution in [0.5, 0.6) is 0 Å². The van der Waals surface area contributed by atoms with Crippen molar-refractivity contribution in [2.24, 2.45) is 0 Å². The van der Waals surface area contributed by atoms with Crippen molar-refractivity contribution >= 4 is 45.7 Å². The van der Waals surface area contributed by atoms with Crippen molar-refractivity contribution in [2.75, 3.05) is 0 Å². The van der Waals surface area contributed by atoms with E-state index in [2.05, 4.69) is 80.0 Å². The Morgan fingerprint density at radius 3 is 2.27 bits per heavy atom. The van der Waals surface area contributed by atoms with Gasteiger partial charge in [-0.3, -0.25) is 0 Å². The van der Waals surface area contributed by atoms with Crippen molar-refractivity contribution < 1.29 is 4.43 Å². The Balaban J connectivity index is 2.27. The summed E-state index contributed by atoms with van der Waals surface area (Å²) in [6.45, 7) is 14.5. The number of fused-ring (bicyclic) bond motifs is 1. The van der Waals surface area contributed by atoms with Gasteiger partial charge in [0.2, 0.25) is 8.32 Å². The predicted octanol–water partition coefficient (Wildman–Crippen LogP) is 6.75. The van der Waals surface area contributed by atoms with Crippen LogP contribution in [0.15, 0.2) is 22.1 Å². The molecule has 0 aliphatic heterocycles. The zero-order valence-corrected chi connectivity index (χ0v) is 17.7. The van der Waals surface area contributed by atoms with Crippen molar-refractivity contribution in [3.8, 4) is 0 Å². The van der Waals surface area contributed by atoms with Gasteiger partial charge in [0, 0.05) is 10.1 Å². The third-order valence-corrected chi connectivity index (χ3v) is 12.2. The van der Waals surface area contributed by atoms with Gasteiger partial charge in [0.15, 0.2) is 0 Å². The minimum atomic E-state index is -1.83. The lowest BCUT2D eigenvalue weighted by atomic mass is 10.3. The molecule has 122 valence electrons. The van der Waals surface area contributed by atoms with Gasteiger partial charge in [-0.25, -0.2) is 4.98 Å². The van der Waals surface area contributed by atoms with Gasteiger partial charge in [0.1, 0.15) is 4.60 Å². The van der Waals surface area contributed by atoms with E-state index in [-0.39, 0.29) is 0 Å². The molecule has 0 N–H and O–H groups in total. The maximum Gasteiger partial charge on any atom is 0.200 e. The van der Waals surface area contributed by atoms with Crippen LogP contribution in [0.3, 0.4) is 0 Å². The van der Waals surface area contributed by atoms with Crippen LogP contribution < -0.4 is 0 Å². The molecule has 0 amide bonds. The first-order chi connectivity index (χ1) is 10.3. The lowest BCUT2D eigenvalue weighted by molar-refractivity contribution is 0.262. The lowest BCUT2D eigenvalue weighted by Crippen LogP contribution is -2.47. The molecule has 0 spiro atoms. The minimum Gasteiger partial charge on any atom is -0.410 e. The minimum absolute atomic E-state index is 0.599. The van der Waals surface area contributed by atoms with Crippen LogP contribution >= 0.6 is 27.3 Å². The average molecular weight is 400 g/mol. The van der Waals surface area contributed by atoms with Crippen molar-refractivity contribution in [1.82, 2.24) is 4.98 Å². The second-order valence-electron chi connectivity index (χ2n) is 6.84. The second kappa shape index (κ2) is 7.12. The smallest absolute Gasteiger partial charge is 0.200 e. The average Bonchev–Trinajstić information content (AvgIpc) is 2.86. The first-order valence-electron chi connectivity index (χ1n) is 7.95. The zero-order valence-electron chi connectivity index (χ0n) is 14.3. The van der Waals surface area contributed by atoms with E-state index >= 15 is 0 Å². The number of thiophene rings is 1. The highest BCUT2D eigenvalue weighted by molar-refractivity contribution is 9.10. The molecule has 0 atom stereocenters. The molecule has 2 nitrogen and oxygen atoms in total. The summed E-state index contributed by atoms with van der Waals surface area (Å²) in [5.74, 6) is 0. The maximum absolute atomic E-state index is 6.64. The topological polar surface area (TPSA) is 22.1 Å². The molecule has 0 unspecified atom stereocenters. The summed E-state index contributed by atoms with van der Waals surface area (Å²) in [5.41, 5.74) is 2.82. The SMILES string of the molecule is CC(C)[Si](OCc1cc2sccc2c(Br)n1)(C(C)C)C(C)C. The van der Waals surface area contributed by atoms with Crippen LogP contribution in [0.2, 0.25) is 16.6 Å². The number of halogens is 1. The van der Waals surface area contributed by atoms with Gasteiger partial charge >= 0.3 is 0 Å². The van der Waals surface area contributed by atoms with Gasteiger partial charge in [-0.1, -0.05) is 41.5 Å². The number of pyridine rings is 1. The van der Waals surface area contributed by atoms with Crippen LogP contribution in [0, 0.1) is 0 Å². The third kappa shape index (κ3) is 3.32. The van der Waals surface area contributed by atoms with Gasteiger partial charge in [0.25, 0.3) is 0 Å². The Hall–Kier alpha value is -0.233. The molecule has 5 heteroatoms. The quantitative estimate of drug-likeness (QED) is 0.395. The van der Waals surface area contributed by atoms with E-state index in [9.17, 15) is 0 Å². The summed E-state index contributed by atoms with van der Waals surface area (Å²) in [5, 5.41) is 3.30. The summed E-state index contributed by atoms with van der Waals surface area (Å²) in [4.78, 5) is 4.68. The fourth-order valence-corrected chi connectivity index (χ4v) is 10.7. The molecule has 0 bridgehead atoms. The molecule has 0 aromatic carbocycles. The van der Waals surface area contributed by atoms with Crippen molar-refractivity contribution in [1.29, 1.82) is 0 Å². The largest absolute Gasteiger partial charge is 0.410 e. The van der Waals surface area contributed by atoms with Crippen LogP contribution in [0.25, 0.3) is 10.1 Å². The van der Waals surface area contributed by atoms with Gasteiger partial charge in [-0.15, -0.1) is 11.3 Å². The Bertz CT molecular complexity index is 617. The second-order valence-corrected chi connectivity index (χ2v) is 14.0. The maximum atomic E-state index is 6.64. The molecule has 0 radical (unpaired) electrons. The first-order valence-corrected chi connectivity index (χ1v) is 11.8. The first kappa shape index (κ1) is 18.1. The van der Waals surface area contributed by atoms with Crippen LogP contribution in [0.4, 0.5) is 0 Å². The number of nitrogens with zero attached hydrogens (tertiary/aromatic N) is 1. The molecular formula is C17H26BrNOSSi. The van der Waals surface area contributed by atoms with Gasteiger partial charge in [-0.2, -0.15) is 0 Å². The molecule has 22 heavy (non-hydrogen) atoms. The van der Waals surface area contributed by atoms with Gasteiger partial charge in [-0.05, 0) is 50.1 Å². The van der Waals surface area contributed by atoms with Gasteiger partial charge < -0.3 is 4.43 Å². The molecular weight excluding hydrogens is 374 g/mol. The number of rotatable bonds is 6. The number of hydrogen-bond acceptors (Lipinski definition) is 3. The summed E-state index contributed by atoms with van der Waals surface area (Å²) < 4.78 is 8.84. The van der Waals surface area contributed by atoms with Crippen LogP contribution in [0.1, 0.15) is 47.2 Å². The lowest BCUT2D eigenvalue weighted by Gasteiger charge is -2.42. The Kier molecular flexibility index (Phi) is 5.86. The normalized spacial score (nSPS) is 13.0. The number of aromatic nitrogens is 1. The van der Waals surface area contributed by atoms with E-state index in [1.165, 1.54) is 10.1 Å². The molecule has 0 saturated carbocycles. The van der Waals surface area contributed by atoms with Crippen molar-refractivity contribution in [3.63, 3.8) is 0 Å². The molecule has 0 saturated heterocycles. The fourth-order valence-electron chi connectivity index (χ4n) is 3.75.